The number of carbonyl (C=O) groups excluding carboxylic acids is 2. The van der Waals surface area contributed by atoms with Gasteiger partial charge in [0, 0.05) is 0 Å². The summed E-state index contributed by atoms with van der Waals surface area (Å²) in [6.07, 6.45) is 0.613. The highest BCUT2D eigenvalue weighted by Crippen LogP contribution is 2.57. The molecule has 4 nitrogen and oxygen atoms in total. The number of fused-ring (bicyclic) bond motifs is 2. The zero-order valence-electron chi connectivity index (χ0n) is 11.7. The molecule has 1 spiro atoms. The zero-order valence-corrected chi connectivity index (χ0v) is 11.7. The SMILES string of the molecule is CC(C)(C)OC(=O)N1C(=O)C2(CC2)c2cc(F)ccc21. The molecule has 1 saturated carbocycles. The molecule has 2 amide bonds. The first kappa shape index (κ1) is 13.1. The second kappa shape index (κ2) is 3.81. The lowest BCUT2D eigenvalue weighted by Gasteiger charge is -2.24. The Labute approximate surface area is 116 Å². The van der Waals surface area contributed by atoms with Crippen molar-refractivity contribution in [2.24, 2.45) is 0 Å². The van der Waals surface area contributed by atoms with E-state index in [-0.39, 0.29) is 5.91 Å². The summed E-state index contributed by atoms with van der Waals surface area (Å²) in [4.78, 5) is 25.8. The average Bonchev–Trinajstić information content (AvgIpc) is 3.05. The Morgan fingerprint density at radius 2 is 2.00 bits per heavy atom. The van der Waals surface area contributed by atoms with Crippen molar-refractivity contribution >= 4 is 17.7 Å². The van der Waals surface area contributed by atoms with Crippen LogP contribution in [0.15, 0.2) is 18.2 Å². The van der Waals surface area contributed by atoms with Gasteiger partial charge in [0.05, 0.1) is 11.1 Å². The van der Waals surface area contributed by atoms with Crippen LogP contribution >= 0.6 is 0 Å². The molecule has 1 fully saturated rings. The van der Waals surface area contributed by atoms with Crippen LogP contribution in [0.25, 0.3) is 0 Å². The molecule has 0 atom stereocenters. The van der Waals surface area contributed by atoms with Crippen LogP contribution < -0.4 is 4.90 Å². The largest absolute Gasteiger partial charge is 0.443 e. The molecule has 1 aliphatic carbocycles. The standard InChI is InChI=1S/C15H16FNO3/c1-14(2,3)20-13(19)17-11-5-4-9(16)8-10(11)15(6-7-15)12(17)18/h4-5,8H,6-7H2,1-3H3. The fourth-order valence-corrected chi connectivity index (χ4v) is 2.62. The predicted molar refractivity (Wildman–Crippen MR) is 71.0 cm³/mol. The summed E-state index contributed by atoms with van der Waals surface area (Å²) in [5.74, 6) is -0.693. The summed E-state index contributed by atoms with van der Waals surface area (Å²) in [5, 5.41) is 0. The molecule has 2 aliphatic rings. The normalized spacial score (nSPS) is 19.2. The van der Waals surface area contributed by atoms with E-state index in [9.17, 15) is 14.0 Å². The van der Waals surface area contributed by atoms with E-state index in [0.717, 1.165) is 4.90 Å². The third-order valence-corrected chi connectivity index (χ3v) is 3.65. The van der Waals surface area contributed by atoms with E-state index in [2.05, 4.69) is 0 Å². The maximum Gasteiger partial charge on any atom is 0.421 e. The van der Waals surface area contributed by atoms with E-state index >= 15 is 0 Å². The number of hydrogen-bond donors (Lipinski definition) is 0. The Kier molecular flexibility index (Phi) is 2.49. The van der Waals surface area contributed by atoms with Crippen LogP contribution in [-0.2, 0) is 14.9 Å². The summed E-state index contributed by atoms with van der Waals surface area (Å²) in [5.41, 5.74) is -0.331. The molecule has 0 radical (unpaired) electrons. The third kappa shape index (κ3) is 1.80. The Morgan fingerprint density at radius 1 is 1.35 bits per heavy atom. The molecule has 0 N–H and O–H groups in total. The van der Waals surface area contributed by atoms with E-state index in [4.69, 9.17) is 4.74 Å². The van der Waals surface area contributed by atoms with E-state index in [1.54, 1.807) is 20.8 Å². The van der Waals surface area contributed by atoms with Gasteiger partial charge in [-0.15, -0.1) is 0 Å². The van der Waals surface area contributed by atoms with Gasteiger partial charge in [-0.2, -0.15) is 0 Å². The van der Waals surface area contributed by atoms with Crippen LogP contribution in [0.2, 0.25) is 0 Å². The first-order valence-corrected chi connectivity index (χ1v) is 6.62. The molecule has 0 bridgehead atoms. The Hall–Kier alpha value is -1.91. The minimum absolute atomic E-state index is 0.299. The van der Waals surface area contributed by atoms with E-state index in [1.807, 2.05) is 0 Å². The Balaban J connectivity index is 2.02. The topological polar surface area (TPSA) is 46.6 Å². The van der Waals surface area contributed by atoms with Gasteiger partial charge >= 0.3 is 6.09 Å². The van der Waals surface area contributed by atoms with Gasteiger partial charge in [-0.3, -0.25) is 4.79 Å². The summed E-state index contributed by atoms with van der Waals surface area (Å²) < 4.78 is 18.7. The van der Waals surface area contributed by atoms with Crippen molar-refractivity contribution in [3.63, 3.8) is 0 Å². The number of halogens is 1. The maximum atomic E-state index is 13.4. The molecule has 0 saturated heterocycles. The van der Waals surface area contributed by atoms with Crippen LogP contribution in [0.5, 0.6) is 0 Å². The summed E-state index contributed by atoms with van der Waals surface area (Å²) >= 11 is 0. The summed E-state index contributed by atoms with van der Waals surface area (Å²) in [6, 6.07) is 4.08. The van der Waals surface area contributed by atoms with Gasteiger partial charge in [-0.05, 0) is 57.4 Å². The summed E-state index contributed by atoms with van der Waals surface area (Å²) in [7, 11) is 0. The molecule has 0 aromatic heterocycles. The van der Waals surface area contributed by atoms with Gasteiger partial charge in [0.2, 0.25) is 5.91 Å². The zero-order chi connectivity index (χ0) is 14.7. The van der Waals surface area contributed by atoms with Crippen molar-refractivity contribution in [1.82, 2.24) is 0 Å². The molecular formula is C15H16FNO3. The number of ether oxygens (including phenoxy) is 1. The van der Waals surface area contributed by atoms with Crippen LogP contribution in [0.4, 0.5) is 14.9 Å². The molecule has 106 valence electrons. The lowest BCUT2D eigenvalue weighted by molar-refractivity contribution is -0.120. The number of anilines is 1. The van der Waals surface area contributed by atoms with Gasteiger partial charge < -0.3 is 4.74 Å². The number of benzene rings is 1. The molecule has 1 heterocycles. The first-order valence-electron chi connectivity index (χ1n) is 6.62. The monoisotopic (exact) mass is 277 g/mol. The number of hydrogen-bond acceptors (Lipinski definition) is 3. The minimum atomic E-state index is -0.700. The van der Waals surface area contributed by atoms with Gasteiger partial charge in [0.15, 0.2) is 0 Å². The molecule has 20 heavy (non-hydrogen) atoms. The molecule has 1 aromatic rings. The highest BCUT2D eigenvalue weighted by atomic mass is 19.1. The first-order chi connectivity index (χ1) is 9.24. The fraction of sp³-hybridized carbons (Fsp3) is 0.467. The van der Waals surface area contributed by atoms with Crippen molar-refractivity contribution < 1.29 is 18.7 Å². The van der Waals surface area contributed by atoms with Gasteiger partial charge in [0.25, 0.3) is 0 Å². The number of carbonyl (C=O) groups is 2. The third-order valence-electron chi connectivity index (χ3n) is 3.65. The Morgan fingerprint density at radius 3 is 2.55 bits per heavy atom. The number of nitrogens with zero attached hydrogens (tertiary/aromatic N) is 1. The van der Waals surface area contributed by atoms with E-state index in [1.165, 1.54) is 18.2 Å². The highest BCUT2D eigenvalue weighted by molar-refractivity contribution is 6.22. The fourth-order valence-electron chi connectivity index (χ4n) is 2.62. The summed E-state index contributed by atoms with van der Waals surface area (Å²) in [6.45, 7) is 5.22. The lowest BCUT2D eigenvalue weighted by atomic mass is 9.98. The van der Waals surface area contributed by atoms with Crippen molar-refractivity contribution in [3.05, 3.63) is 29.6 Å². The van der Waals surface area contributed by atoms with Crippen LogP contribution in [0.3, 0.4) is 0 Å². The van der Waals surface area contributed by atoms with Gasteiger partial charge in [-0.1, -0.05) is 0 Å². The predicted octanol–water partition coefficient (Wildman–Crippen LogP) is 3.14. The number of rotatable bonds is 0. The average molecular weight is 277 g/mol. The van der Waals surface area contributed by atoms with Crippen molar-refractivity contribution in [3.8, 4) is 0 Å². The van der Waals surface area contributed by atoms with Crippen molar-refractivity contribution in [2.75, 3.05) is 4.90 Å². The second-order valence-electron chi connectivity index (χ2n) is 6.36. The smallest absolute Gasteiger partial charge is 0.421 e. The van der Waals surface area contributed by atoms with Crippen LogP contribution in [-0.4, -0.2) is 17.6 Å². The van der Waals surface area contributed by atoms with Gasteiger partial charge in [-0.25, -0.2) is 14.1 Å². The van der Waals surface area contributed by atoms with Crippen molar-refractivity contribution in [1.29, 1.82) is 0 Å². The van der Waals surface area contributed by atoms with E-state index in [0.29, 0.717) is 24.1 Å². The highest BCUT2D eigenvalue weighted by Gasteiger charge is 2.61. The minimum Gasteiger partial charge on any atom is -0.443 e. The Bertz CT molecular complexity index is 614. The van der Waals surface area contributed by atoms with Crippen molar-refractivity contribution in [2.45, 2.75) is 44.6 Å². The number of amides is 2. The molecule has 1 aromatic carbocycles. The molecule has 0 unspecified atom stereocenters. The molecule has 3 rings (SSSR count). The van der Waals surface area contributed by atoms with Crippen LogP contribution in [0.1, 0.15) is 39.2 Å². The molecule has 1 aliphatic heterocycles. The van der Waals surface area contributed by atoms with Gasteiger partial charge in [0.1, 0.15) is 11.4 Å². The maximum absolute atomic E-state index is 13.4. The quantitative estimate of drug-likeness (QED) is 0.732. The number of imide groups is 1. The van der Waals surface area contributed by atoms with E-state index < -0.39 is 22.9 Å². The molecular weight excluding hydrogens is 261 g/mol. The lowest BCUT2D eigenvalue weighted by Crippen LogP contribution is -2.41. The van der Waals surface area contributed by atoms with Crippen LogP contribution in [0, 0.1) is 5.82 Å². The second-order valence-corrected chi connectivity index (χ2v) is 6.36. The molecule has 5 heteroatoms.